The first-order chi connectivity index (χ1) is 32.5. The molecule has 0 atom stereocenters. The van der Waals surface area contributed by atoms with Crippen LogP contribution in [0.25, 0.3) is 99.5 Å². The van der Waals surface area contributed by atoms with Crippen molar-refractivity contribution < 1.29 is 0 Å². The van der Waals surface area contributed by atoms with Gasteiger partial charge in [0, 0.05) is 44.0 Å². The lowest BCUT2D eigenvalue weighted by Gasteiger charge is -2.43. The number of benzene rings is 10. The highest BCUT2D eigenvalue weighted by atomic mass is 15.2. The SMILES string of the molecule is CC1(C)c2ccccc2N(c2ccccc2)c2cc3c(cc21)-c1ccccc1-c1cc(-n2c4ccccc4c4ccccc42)ccc1-c1ccc(-n2c4ccccc4c4ccccc42)cc1-3. The molecule has 12 aromatic rings. The lowest BCUT2D eigenvalue weighted by atomic mass is 9.71. The summed E-state index contributed by atoms with van der Waals surface area (Å²) in [4.78, 5) is 2.49. The lowest BCUT2D eigenvalue weighted by Crippen LogP contribution is -2.30. The van der Waals surface area contributed by atoms with Crippen molar-refractivity contribution in [3.05, 3.63) is 236 Å². The molecule has 2 aromatic heterocycles. The van der Waals surface area contributed by atoms with E-state index in [1.54, 1.807) is 0 Å². The number of anilines is 3. The third-order valence-corrected chi connectivity index (χ3v) is 14.7. The quantitative estimate of drug-likeness (QED) is 0.173. The number of nitrogens with zero attached hydrogens (tertiary/aromatic N) is 3. The van der Waals surface area contributed by atoms with Gasteiger partial charge in [-0.1, -0.05) is 159 Å². The van der Waals surface area contributed by atoms with Gasteiger partial charge in [0.1, 0.15) is 0 Å². The molecule has 3 heteroatoms. The number of aromatic nitrogens is 2. The second-order valence-corrected chi connectivity index (χ2v) is 18.5. The summed E-state index contributed by atoms with van der Waals surface area (Å²) in [6, 6.07) is 83.6. The largest absolute Gasteiger partial charge is 0.310 e. The minimum atomic E-state index is -0.279. The number of rotatable bonds is 3. The molecular weight excluding hydrogens is 799 g/mol. The molecule has 3 heterocycles. The molecule has 0 N–H and O–H groups in total. The second-order valence-electron chi connectivity index (χ2n) is 18.5. The van der Waals surface area contributed by atoms with E-state index >= 15 is 0 Å². The molecule has 0 spiro atoms. The Bertz CT molecular complexity index is 3870. The first-order valence-corrected chi connectivity index (χ1v) is 23.0. The monoisotopic (exact) mass is 841 g/mol. The molecule has 0 saturated carbocycles. The van der Waals surface area contributed by atoms with Crippen molar-refractivity contribution in [3.63, 3.8) is 0 Å². The summed E-state index contributed by atoms with van der Waals surface area (Å²) in [7, 11) is 0. The fourth-order valence-corrected chi connectivity index (χ4v) is 11.7. The van der Waals surface area contributed by atoms with Crippen molar-refractivity contribution in [2.75, 3.05) is 4.90 Å². The Kier molecular flexibility index (Phi) is 7.74. The minimum Gasteiger partial charge on any atom is -0.310 e. The van der Waals surface area contributed by atoms with Crippen molar-refractivity contribution >= 4 is 60.7 Å². The van der Waals surface area contributed by atoms with Crippen molar-refractivity contribution in [2.24, 2.45) is 0 Å². The van der Waals surface area contributed by atoms with Gasteiger partial charge in [-0.3, -0.25) is 0 Å². The topological polar surface area (TPSA) is 13.1 Å². The molecule has 1 aliphatic heterocycles. The van der Waals surface area contributed by atoms with E-state index in [-0.39, 0.29) is 5.41 Å². The van der Waals surface area contributed by atoms with Crippen LogP contribution >= 0.6 is 0 Å². The van der Waals surface area contributed by atoms with E-state index in [9.17, 15) is 0 Å². The molecule has 0 unspecified atom stereocenters. The van der Waals surface area contributed by atoms with Crippen LogP contribution in [0.4, 0.5) is 17.1 Å². The smallest absolute Gasteiger partial charge is 0.0541 e. The Morgan fingerprint density at radius 2 is 0.667 bits per heavy atom. The van der Waals surface area contributed by atoms with Gasteiger partial charge >= 0.3 is 0 Å². The predicted molar refractivity (Wildman–Crippen MR) is 277 cm³/mol. The van der Waals surface area contributed by atoms with Crippen LogP contribution in [0.5, 0.6) is 0 Å². The average Bonchev–Trinajstić information content (AvgIpc) is 3.89. The Balaban J connectivity index is 1.10. The molecule has 310 valence electrons. The molecule has 0 saturated heterocycles. The maximum Gasteiger partial charge on any atom is 0.0541 e. The van der Waals surface area contributed by atoms with E-state index in [2.05, 4.69) is 252 Å². The highest BCUT2D eigenvalue weighted by Gasteiger charge is 2.38. The van der Waals surface area contributed by atoms with Gasteiger partial charge in [0.25, 0.3) is 0 Å². The summed E-state index contributed by atoms with van der Waals surface area (Å²) in [5, 5.41) is 5.03. The summed E-state index contributed by atoms with van der Waals surface area (Å²) >= 11 is 0. The molecule has 0 fully saturated rings. The van der Waals surface area contributed by atoms with Gasteiger partial charge < -0.3 is 14.0 Å². The Labute approximate surface area is 383 Å². The van der Waals surface area contributed by atoms with Crippen molar-refractivity contribution in [3.8, 4) is 55.9 Å². The van der Waals surface area contributed by atoms with Gasteiger partial charge in [0.2, 0.25) is 0 Å². The molecule has 2 aliphatic rings. The second kappa shape index (κ2) is 13.8. The Morgan fingerprint density at radius 1 is 0.273 bits per heavy atom. The number of hydrogen-bond acceptors (Lipinski definition) is 1. The van der Waals surface area contributed by atoms with E-state index in [4.69, 9.17) is 0 Å². The number of para-hydroxylation sites is 6. The lowest BCUT2D eigenvalue weighted by molar-refractivity contribution is 0.632. The van der Waals surface area contributed by atoms with Crippen molar-refractivity contribution in [2.45, 2.75) is 19.3 Å². The normalized spacial score (nSPS) is 13.4. The van der Waals surface area contributed by atoms with E-state index < -0.39 is 0 Å². The van der Waals surface area contributed by atoms with E-state index in [0.29, 0.717) is 0 Å². The van der Waals surface area contributed by atoms with Gasteiger partial charge in [-0.05, 0) is 134 Å². The van der Waals surface area contributed by atoms with Gasteiger partial charge in [0.05, 0.1) is 33.4 Å². The maximum absolute atomic E-state index is 2.54. The highest BCUT2D eigenvalue weighted by molar-refractivity contribution is 6.12. The average molecular weight is 842 g/mol. The third kappa shape index (κ3) is 5.14. The van der Waals surface area contributed by atoms with Gasteiger partial charge in [0.15, 0.2) is 0 Å². The Hall–Kier alpha value is -8.40. The molecule has 0 radical (unpaired) electrons. The highest BCUT2D eigenvalue weighted by Crippen LogP contribution is 2.57. The van der Waals surface area contributed by atoms with Crippen LogP contribution < -0.4 is 4.90 Å². The predicted octanol–water partition coefficient (Wildman–Crippen LogP) is 17.0. The fourth-order valence-electron chi connectivity index (χ4n) is 11.7. The van der Waals surface area contributed by atoms with Gasteiger partial charge in [-0.15, -0.1) is 0 Å². The number of hydrogen-bond donors (Lipinski definition) is 0. The van der Waals surface area contributed by atoms with Gasteiger partial charge in [-0.2, -0.15) is 0 Å². The molecule has 1 aliphatic carbocycles. The zero-order valence-corrected chi connectivity index (χ0v) is 36.7. The number of fused-ring (bicyclic) bond motifs is 16. The fraction of sp³-hybridized carbons (Fsp3) is 0.0476. The van der Waals surface area contributed by atoms with Crippen LogP contribution in [0.1, 0.15) is 25.0 Å². The van der Waals surface area contributed by atoms with Crippen LogP contribution in [-0.2, 0) is 5.41 Å². The van der Waals surface area contributed by atoms with Crippen LogP contribution in [0, 0.1) is 0 Å². The van der Waals surface area contributed by atoms with E-state index in [1.165, 1.54) is 111 Å². The van der Waals surface area contributed by atoms with Crippen LogP contribution in [0.3, 0.4) is 0 Å². The minimum absolute atomic E-state index is 0.279. The standard InChI is InChI=1S/C63H43N3/c1-63(2)55-26-12-17-31-61(55)64(40-18-4-3-5-19-40)62-39-54-52-37-42(66-59-29-15-10-24-49(59)50-25-11-16-30-60(50)66)33-35-46(52)45-34-32-41(36-51(45)43-20-6-7-21-44(43)53(54)38-56(62)63)65-57-27-13-8-22-47(57)48-23-9-14-28-58(48)65/h3-39H,1-2H3. The first-order valence-electron chi connectivity index (χ1n) is 23.0. The summed E-state index contributed by atoms with van der Waals surface area (Å²) in [5.74, 6) is 0. The maximum atomic E-state index is 2.54. The summed E-state index contributed by atoms with van der Waals surface area (Å²) in [5.41, 5.74) is 22.7. The van der Waals surface area contributed by atoms with E-state index in [0.717, 1.165) is 17.1 Å². The summed E-state index contributed by atoms with van der Waals surface area (Å²) in [6.07, 6.45) is 0. The van der Waals surface area contributed by atoms with Crippen LogP contribution in [0.15, 0.2) is 224 Å². The zero-order valence-electron chi connectivity index (χ0n) is 36.7. The van der Waals surface area contributed by atoms with Crippen LogP contribution in [0.2, 0.25) is 0 Å². The van der Waals surface area contributed by atoms with Crippen LogP contribution in [-0.4, -0.2) is 9.13 Å². The van der Waals surface area contributed by atoms with Crippen molar-refractivity contribution in [1.82, 2.24) is 9.13 Å². The third-order valence-electron chi connectivity index (χ3n) is 14.7. The molecular formula is C63H43N3. The molecule has 66 heavy (non-hydrogen) atoms. The molecule has 0 bridgehead atoms. The molecule has 10 aromatic carbocycles. The molecule has 0 amide bonds. The summed E-state index contributed by atoms with van der Waals surface area (Å²) in [6.45, 7) is 4.80. The summed E-state index contributed by atoms with van der Waals surface area (Å²) < 4.78 is 4.90. The van der Waals surface area contributed by atoms with Crippen molar-refractivity contribution in [1.29, 1.82) is 0 Å². The van der Waals surface area contributed by atoms with E-state index in [1.807, 2.05) is 0 Å². The van der Waals surface area contributed by atoms with Gasteiger partial charge in [-0.25, -0.2) is 0 Å². The molecule has 14 rings (SSSR count). The first kappa shape index (κ1) is 37.0. The zero-order chi connectivity index (χ0) is 43.7. The molecule has 3 nitrogen and oxygen atoms in total. The Morgan fingerprint density at radius 3 is 1.20 bits per heavy atom.